The second-order valence-corrected chi connectivity index (χ2v) is 2.51. The summed E-state index contributed by atoms with van der Waals surface area (Å²) < 4.78 is 5.08. The second-order valence-electron chi connectivity index (χ2n) is 2.51. The van der Waals surface area contributed by atoms with Crippen LogP contribution in [0.5, 0.6) is 0 Å². The lowest BCUT2D eigenvalue weighted by Gasteiger charge is -2.40. The number of methoxy groups -OCH3 is 1. The van der Waals surface area contributed by atoms with Crippen molar-refractivity contribution in [3.63, 3.8) is 0 Å². The fourth-order valence-corrected chi connectivity index (χ4v) is 1.13. The summed E-state index contributed by atoms with van der Waals surface area (Å²) in [5.41, 5.74) is 5.21. The predicted octanol–water partition coefficient (Wildman–Crippen LogP) is 0.126. The zero-order valence-corrected chi connectivity index (χ0v) is 5.55. The van der Waals surface area contributed by atoms with Gasteiger partial charge in [0.1, 0.15) is 5.60 Å². The minimum atomic E-state index is -0.320. The van der Waals surface area contributed by atoms with Gasteiger partial charge in [0, 0.05) is 26.0 Å². The van der Waals surface area contributed by atoms with Gasteiger partial charge in [0.2, 0.25) is 0 Å². The Balaban J connectivity index is 2.48. The van der Waals surface area contributed by atoms with Gasteiger partial charge in [-0.25, -0.2) is 0 Å². The van der Waals surface area contributed by atoms with Crippen LogP contribution in [0, 0.1) is 12.3 Å². The molecule has 2 heteroatoms. The van der Waals surface area contributed by atoms with E-state index in [9.17, 15) is 0 Å². The highest BCUT2D eigenvalue weighted by molar-refractivity contribution is 5.17. The molecule has 0 radical (unpaired) electrons. The molecule has 0 saturated heterocycles. The standard InChI is InChI=1S/C7H11NO/c1-3-7(9-2)4-6(8)5-7/h1,6H,4-5,8H2,2H3. The summed E-state index contributed by atoms with van der Waals surface area (Å²) in [7, 11) is 1.63. The Labute approximate surface area is 55.4 Å². The van der Waals surface area contributed by atoms with Gasteiger partial charge in [-0.1, -0.05) is 5.92 Å². The van der Waals surface area contributed by atoms with E-state index in [-0.39, 0.29) is 11.6 Å². The van der Waals surface area contributed by atoms with Crippen molar-refractivity contribution in [1.29, 1.82) is 0 Å². The van der Waals surface area contributed by atoms with Gasteiger partial charge in [-0.05, 0) is 0 Å². The van der Waals surface area contributed by atoms with E-state index in [0.717, 1.165) is 12.8 Å². The number of hydrogen-bond donors (Lipinski definition) is 1. The third kappa shape index (κ3) is 0.937. The van der Waals surface area contributed by atoms with Crippen LogP contribution in [0.3, 0.4) is 0 Å². The summed E-state index contributed by atoms with van der Waals surface area (Å²) in [6.45, 7) is 0. The SMILES string of the molecule is C#CC1(OC)CC(N)C1. The van der Waals surface area contributed by atoms with Crippen LogP contribution in [-0.2, 0) is 4.74 Å². The van der Waals surface area contributed by atoms with Crippen molar-refractivity contribution in [1.82, 2.24) is 0 Å². The molecule has 1 saturated carbocycles. The Morgan fingerprint density at radius 1 is 1.78 bits per heavy atom. The number of nitrogens with two attached hydrogens (primary N) is 1. The Bertz CT molecular complexity index is 141. The fourth-order valence-electron chi connectivity index (χ4n) is 1.13. The van der Waals surface area contributed by atoms with Crippen molar-refractivity contribution in [2.45, 2.75) is 24.5 Å². The number of hydrogen-bond acceptors (Lipinski definition) is 2. The van der Waals surface area contributed by atoms with Crippen molar-refractivity contribution in [2.75, 3.05) is 7.11 Å². The zero-order valence-electron chi connectivity index (χ0n) is 5.55. The van der Waals surface area contributed by atoms with Crippen LogP contribution in [0.25, 0.3) is 0 Å². The lowest BCUT2D eigenvalue weighted by Crippen LogP contribution is -2.51. The maximum absolute atomic E-state index is 5.53. The average molecular weight is 125 g/mol. The van der Waals surface area contributed by atoms with Crippen molar-refractivity contribution in [3.05, 3.63) is 0 Å². The van der Waals surface area contributed by atoms with Crippen LogP contribution >= 0.6 is 0 Å². The summed E-state index contributed by atoms with van der Waals surface area (Å²) in [5, 5.41) is 0. The first-order valence-corrected chi connectivity index (χ1v) is 3.01. The molecule has 50 valence electrons. The smallest absolute Gasteiger partial charge is 0.130 e. The van der Waals surface area contributed by atoms with Gasteiger partial charge in [-0.3, -0.25) is 0 Å². The molecule has 1 rings (SSSR count). The summed E-state index contributed by atoms with van der Waals surface area (Å²) in [6.07, 6.45) is 6.82. The van der Waals surface area contributed by atoms with Gasteiger partial charge < -0.3 is 10.5 Å². The molecule has 2 nitrogen and oxygen atoms in total. The van der Waals surface area contributed by atoms with E-state index >= 15 is 0 Å². The van der Waals surface area contributed by atoms with E-state index < -0.39 is 0 Å². The van der Waals surface area contributed by atoms with Crippen molar-refractivity contribution < 1.29 is 4.74 Å². The second kappa shape index (κ2) is 2.02. The summed E-state index contributed by atoms with van der Waals surface area (Å²) in [6, 6.07) is 0.251. The van der Waals surface area contributed by atoms with Crippen LogP contribution in [-0.4, -0.2) is 18.8 Å². The molecule has 0 aromatic carbocycles. The highest BCUT2D eigenvalue weighted by atomic mass is 16.5. The molecule has 0 amide bonds. The molecule has 0 aliphatic heterocycles. The monoisotopic (exact) mass is 125 g/mol. The van der Waals surface area contributed by atoms with Crippen LogP contribution in [0.4, 0.5) is 0 Å². The van der Waals surface area contributed by atoms with E-state index in [4.69, 9.17) is 16.9 Å². The van der Waals surface area contributed by atoms with E-state index in [1.807, 2.05) is 0 Å². The third-order valence-corrected chi connectivity index (χ3v) is 1.84. The van der Waals surface area contributed by atoms with E-state index in [1.54, 1.807) is 7.11 Å². The largest absolute Gasteiger partial charge is 0.365 e. The van der Waals surface area contributed by atoms with E-state index in [2.05, 4.69) is 5.92 Å². The average Bonchev–Trinajstić information content (AvgIpc) is 1.81. The van der Waals surface area contributed by atoms with Crippen LogP contribution in [0.15, 0.2) is 0 Å². The first-order chi connectivity index (χ1) is 4.22. The molecule has 2 N–H and O–H groups in total. The van der Waals surface area contributed by atoms with E-state index in [1.165, 1.54) is 0 Å². The molecule has 0 heterocycles. The molecule has 0 aromatic rings. The molecule has 0 bridgehead atoms. The molecule has 0 unspecified atom stereocenters. The normalized spacial score (nSPS) is 41.2. The molecule has 1 aliphatic rings. The molecule has 9 heavy (non-hydrogen) atoms. The van der Waals surface area contributed by atoms with Crippen LogP contribution in [0.2, 0.25) is 0 Å². The highest BCUT2D eigenvalue weighted by Gasteiger charge is 2.41. The topological polar surface area (TPSA) is 35.2 Å². The molecule has 1 fully saturated rings. The summed E-state index contributed by atoms with van der Waals surface area (Å²) in [4.78, 5) is 0. The van der Waals surface area contributed by atoms with Crippen LogP contribution in [0.1, 0.15) is 12.8 Å². The summed E-state index contributed by atoms with van der Waals surface area (Å²) in [5.74, 6) is 2.59. The van der Waals surface area contributed by atoms with Gasteiger partial charge in [-0.2, -0.15) is 0 Å². The van der Waals surface area contributed by atoms with Crippen LogP contribution < -0.4 is 5.73 Å². The molecule has 0 atom stereocenters. The number of rotatable bonds is 1. The molecular formula is C7H11NO. The zero-order chi connectivity index (χ0) is 6.91. The minimum Gasteiger partial charge on any atom is -0.365 e. The molecule has 0 aromatic heterocycles. The first-order valence-electron chi connectivity index (χ1n) is 3.01. The Morgan fingerprint density at radius 2 is 2.33 bits per heavy atom. The third-order valence-electron chi connectivity index (χ3n) is 1.84. The van der Waals surface area contributed by atoms with Gasteiger partial charge in [0.25, 0.3) is 0 Å². The van der Waals surface area contributed by atoms with Crippen molar-refractivity contribution in [3.8, 4) is 12.3 Å². The lowest BCUT2D eigenvalue weighted by molar-refractivity contribution is -0.0334. The van der Waals surface area contributed by atoms with Gasteiger partial charge in [0.05, 0.1) is 0 Å². The number of ether oxygens (including phenoxy) is 1. The summed E-state index contributed by atoms with van der Waals surface area (Å²) >= 11 is 0. The van der Waals surface area contributed by atoms with Gasteiger partial charge in [0.15, 0.2) is 0 Å². The molecular weight excluding hydrogens is 114 g/mol. The maximum Gasteiger partial charge on any atom is 0.130 e. The fraction of sp³-hybridized carbons (Fsp3) is 0.714. The van der Waals surface area contributed by atoms with Crippen molar-refractivity contribution in [2.24, 2.45) is 5.73 Å². The Hall–Kier alpha value is -0.520. The minimum absolute atomic E-state index is 0.251. The van der Waals surface area contributed by atoms with Gasteiger partial charge in [-0.15, -0.1) is 6.42 Å². The number of terminal acetylenes is 1. The quantitative estimate of drug-likeness (QED) is 0.505. The molecule has 0 spiro atoms. The Morgan fingerprint density at radius 3 is 2.44 bits per heavy atom. The molecule has 1 aliphatic carbocycles. The van der Waals surface area contributed by atoms with E-state index in [0.29, 0.717) is 0 Å². The first kappa shape index (κ1) is 6.60. The maximum atomic E-state index is 5.53. The highest BCUT2D eigenvalue weighted by Crippen LogP contribution is 2.32. The predicted molar refractivity (Wildman–Crippen MR) is 35.8 cm³/mol. The lowest BCUT2D eigenvalue weighted by atomic mass is 9.77. The Kier molecular flexibility index (Phi) is 1.48. The van der Waals surface area contributed by atoms with Gasteiger partial charge >= 0.3 is 0 Å². The van der Waals surface area contributed by atoms with Crippen molar-refractivity contribution >= 4 is 0 Å².